The van der Waals surface area contributed by atoms with Gasteiger partial charge in [-0.05, 0) is 31.9 Å². The van der Waals surface area contributed by atoms with E-state index in [2.05, 4.69) is 15.1 Å². The quantitative estimate of drug-likeness (QED) is 0.817. The van der Waals surface area contributed by atoms with Gasteiger partial charge in [-0.1, -0.05) is 0 Å². The maximum absolute atomic E-state index is 12.9. The largest absolute Gasteiger partial charge is 0.377 e. The Hall–Kier alpha value is -2.32. The number of rotatable bonds is 3. The van der Waals surface area contributed by atoms with E-state index in [1.54, 1.807) is 17.2 Å². The molecule has 138 valence electrons. The highest BCUT2D eigenvalue weighted by Gasteiger charge is 2.44. The van der Waals surface area contributed by atoms with E-state index in [9.17, 15) is 4.79 Å². The average molecular weight is 357 g/mol. The molecule has 0 saturated carbocycles. The molecule has 4 heterocycles. The molecule has 8 heteroatoms. The topological polar surface area (TPSA) is 82.4 Å². The molecule has 1 spiro atoms. The summed E-state index contributed by atoms with van der Waals surface area (Å²) >= 11 is 0. The van der Waals surface area contributed by atoms with Crippen LogP contribution in [0.2, 0.25) is 0 Å². The van der Waals surface area contributed by atoms with Crippen LogP contribution in [0.5, 0.6) is 0 Å². The van der Waals surface area contributed by atoms with Gasteiger partial charge in [-0.3, -0.25) is 14.5 Å². The van der Waals surface area contributed by atoms with Crippen molar-refractivity contribution >= 4 is 5.91 Å². The minimum absolute atomic E-state index is 0.0225. The first-order chi connectivity index (χ1) is 12.6. The Morgan fingerprint density at radius 3 is 3.12 bits per heavy atom. The first-order valence-electron chi connectivity index (χ1n) is 8.93. The molecule has 0 aliphatic carbocycles. The van der Waals surface area contributed by atoms with Crippen LogP contribution in [0.15, 0.2) is 31.0 Å². The zero-order chi connectivity index (χ0) is 18.0. The smallest absolute Gasteiger partial charge is 0.255 e. The summed E-state index contributed by atoms with van der Waals surface area (Å²) in [6, 6.07) is 3.68. The van der Waals surface area contributed by atoms with E-state index in [1.807, 2.05) is 24.0 Å². The highest BCUT2D eigenvalue weighted by molar-refractivity contribution is 5.94. The normalized spacial score (nSPS) is 26.2. The van der Waals surface area contributed by atoms with Crippen molar-refractivity contribution in [3.63, 3.8) is 0 Å². The Morgan fingerprint density at radius 2 is 2.35 bits per heavy atom. The molecule has 26 heavy (non-hydrogen) atoms. The zero-order valence-corrected chi connectivity index (χ0v) is 14.9. The number of pyridine rings is 1. The van der Waals surface area contributed by atoms with Crippen molar-refractivity contribution in [2.24, 2.45) is 0 Å². The molecule has 8 nitrogen and oxygen atoms in total. The average Bonchev–Trinajstić information content (AvgIpc) is 3.23. The number of aromatic nitrogens is 4. The van der Waals surface area contributed by atoms with E-state index in [-0.39, 0.29) is 12.0 Å². The summed E-state index contributed by atoms with van der Waals surface area (Å²) in [6.07, 6.45) is 6.68. The highest BCUT2D eigenvalue weighted by Crippen LogP contribution is 2.34. The highest BCUT2D eigenvalue weighted by atomic mass is 16.6. The molecule has 0 N–H and O–H groups in total. The molecule has 0 radical (unpaired) electrons. The molecule has 0 bridgehead atoms. The van der Waals surface area contributed by atoms with Crippen molar-refractivity contribution in [1.82, 2.24) is 24.6 Å². The van der Waals surface area contributed by atoms with Gasteiger partial charge in [0.1, 0.15) is 18.3 Å². The lowest BCUT2D eigenvalue weighted by atomic mass is 9.99. The number of ether oxygens (including phenoxy) is 2. The second-order valence-electron chi connectivity index (χ2n) is 7.05. The van der Waals surface area contributed by atoms with Crippen molar-refractivity contribution in [3.05, 3.63) is 42.2 Å². The maximum atomic E-state index is 12.9. The molecular formula is C18H23N5O3. The van der Waals surface area contributed by atoms with Crippen LogP contribution in [0.1, 0.15) is 28.9 Å². The van der Waals surface area contributed by atoms with Crippen LogP contribution in [0, 0.1) is 6.92 Å². The Morgan fingerprint density at radius 1 is 1.42 bits per heavy atom. The molecule has 0 aromatic carbocycles. The number of carbonyl (C=O) groups is 1. The van der Waals surface area contributed by atoms with E-state index in [4.69, 9.17) is 9.47 Å². The lowest BCUT2D eigenvalue weighted by molar-refractivity contribution is -0.0881. The van der Waals surface area contributed by atoms with Crippen LogP contribution in [0.3, 0.4) is 0 Å². The Labute approximate surface area is 152 Å². The Kier molecular flexibility index (Phi) is 4.69. The fourth-order valence-corrected chi connectivity index (χ4v) is 3.64. The van der Waals surface area contributed by atoms with Gasteiger partial charge >= 0.3 is 0 Å². The zero-order valence-electron chi connectivity index (χ0n) is 14.9. The molecule has 2 fully saturated rings. The van der Waals surface area contributed by atoms with Crippen LogP contribution in [-0.4, -0.2) is 68.6 Å². The maximum Gasteiger partial charge on any atom is 0.255 e. The number of carbonyl (C=O) groups excluding carboxylic acids is 1. The van der Waals surface area contributed by atoms with Gasteiger partial charge in [-0.15, -0.1) is 0 Å². The van der Waals surface area contributed by atoms with Crippen LogP contribution >= 0.6 is 0 Å². The first kappa shape index (κ1) is 17.1. The molecule has 2 aliphatic rings. The number of aryl methyl sites for hydroxylation is 1. The minimum Gasteiger partial charge on any atom is -0.377 e. The van der Waals surface area contributed by atoms with E-state index in [0.717, 1.165) is 18.5 Å². The van der Waals surface area contributed by atoms with Gasteiger partial charge < -0.3 is 14.4 Å². The molecule has 1 amide bonds. The predicted octanol–water partition coefficient (Wildman–Crippen LogP) is 1.07. The van der Waals surface area contributed by atoms with Crippen molar-refractivity contribution < 1.29 is 14.3 Å². The van der Waals surface area contributed by atoms with Crippen LogP contribution in [-0.2, 0) is 16.0 Å². The van der Waals surface area contributed by atoms with Gasteiger partial charge in [-0.2, -0.15) is 5.10 Å². The molecule has 2 aromatic heterocycles. The van der Waals surface area contributed by atoms with Crippen LogP contribution in [0.25, 0.3) is 0 Å². The lowest BCUT2D eigenvalue weighted by Crippen LogP contribution is -2.46. The van der Waals surface area contributed by atoms with Gasteiger partial charge in [-0.25, -0.2) is 4.98 Å². The second kappa shape index (κ2) is 7.13. The van der Waals surface area contributed by atoms with Crippen molar-refractivity contribution in [2.45, 2.75) is 38.0 Å². The minimum atomic E-state index is -0.449. The molecule has 2 aromatic rings. The summed E-state index contributed by atoms with van der Waals surface area (Å²) in [5, 5.41) is 4.14. The van der Waals surface area contributed by atoms with Gasteiger partial charge in [0.25, 0.3) is 5.91 Å². The Bertz CT molecular complexity index is 749. The van der Waals surface area contributed by atoms with E-state index >= 15 is 0 Å². The van der Waals surface area contributed by atoms with Crippen LogP contribution in [0.4, 0.5) is 0 Å². The number of amides is 1. The molecule has 2 aliphatic heterocycles. The van der Waals surface area contributed by atoms with Gasteiger partial charge in [0, 0.05) is 18.4 Å². The fourth-order valence-electron chi connectivity index (χ4n) is 3.64. The molecule has 2 saturated heterocycles. The van der Waals surface area contributed by atoms with Gasteiger partial charge in [0.15, 0.2) is 0 Å². The summed E-state index contributed by atoms with van der Waals surface area (Å²) in [4.78, 5) is 22.9. The van der Waals surface area contributed by atoms with Gasteiger partial charge in [0.2, 0.25) is 0 Å². The number of nitrogens with zero attached hydrogens (tertiary/aromatic N) is 5. The summed E-state index contributed by atoms with van der Waals surface area (Å²) in [7, 11) is 0. The number of hydrogen-bond donors (Lipinski definition) is 0. The molecule has 2 atom stereocenters. The van der Waals surface area contributed by atoms with Gasteiger partial charge in [0.05, 0.1) is 38.0 Å². The number of hydrogen-bond acceptors (Lipinski definition) is 6. The SMILES string of the molecule is Cc1ccc(C(=O)N2CCOC[C@@]3(CC[C@@H](Cn4cncn4)O3)C2)cn1. The van der Waals surface area contributed by atoms with Crippen molar-refractivity contribution in [2.75, 3.05) is 26.3 Å². The lowest BCUT2D eigenvalue weighted by Gasteiger charge is -2.32. The third kappa shape index (κ3) is 3.61. The summed E-state index contributed by atoms with van der Waals surface area (Å²) < 4.78 is 13.9. The third-order valence-electron chi connectivity index (χ3n) is 4.99. The van der Waals surface area contributed by atoms with E-state index in [1.165, 1.54) is 6.33 Å². The van der Waals surface area contributed by atoms with Crippen molar-refractivity contribution in [3.8, 4) is 0 Å². The van der Waals surface area contributed by atoms with Crippen molar-refractivity contribution in [1.29, 1.82) is 0 Å². The van der Waals surface area contributed by atoms with E-state index in [0.29, 0.717) is 38.4 Å². The Balaban J connectivity index is 1.45. The first-order valence-corrected chi connectivity index (χ1v) is 8.93. The summed E-state index contributed by atoms with van der Waals surface area (Å²) in [5.41, 5.74) is 1.05. The van der Waals surface area contributed by atoms with E-state index < -0.39 is 5.60 Å². The molecular weight excluding hydrogens is 334 g/mol. The monoisotopic (exact) mass is 357 g/mol. The third-order valence-corrected chi connectivity index (χ3v) is 4.99. The summed E-state index contributed by atoms with van der Waals surface area (Å²) in [6.45, 7) is 4.70. The second-order valence-corrected chi connectivity index (χ2v) is 7.05. The molecule has 0 unspecified atom stereocenters. The predicted molar refractivity (Wildman–Crippen MR) is 92.6 cm³/mol. The standard InChI is InChI=1S/C18H23N5O3/c1-14-2-3-15(8-20-14)17(24)22-6-7-25-11-18(10-22)5-4-16(26-18)9-23-13-19-12-21-23/h2-3,8,12-13,16H,4-7,9-11H2,1H3/t16-,18+/m0/s1. The molecule has 4 rings (SSSR count). The van der Waals surface area contributed by atoms with Crippen LogP contribution < -0.4 is 0 Å². The fraction of sp³-hybridized carbons (Fsp3) is 0.556. The summed E-state index contributed by atoms with van der Waals surface area (Å²) in [5.74, 6) is -0.0225.